The molecule has 0 radical (unpaired) electrons. The minimum Gasteiger partial charge on any atom is -0.383 e. The van der Waals surface area contributed by atoms with Gasteiger partial charge in [0.05, 0.1) is 10.6 Å². The number of rotatable bonds is 5. The molecule has 0 bridgehead atoms. The van der Waals surface area contributed by atoms with Crippen molar-refractivity contribution in [3.05, 3.63) is 52.9 Å². The van der Waals surface area contributed by atoms with Gasteiger partial charge in [0.1, 0.15) is 5.84 Å². The van der Waals surface area contributed by atoms with Crippen molar-refractivity contribution in [2.75, 3.05) is 13.6 Å². The molecule has 0 aliphatic carbocycles. The average molecular weight is 425 g/mol. The Hall–Kier alpha value is -1.53. The summed E-state index contributed by atoms with van der Waals surface area (Å²) in [6.45, 7) is 2.31. The summed E-state index contributed by atoms with van der Waals surface area (Å²) in [7, 11) is 2.24. The Morgan fingerprint density at radius 3 is 2.81 bits per heavy atom. The lowest BCUT2D eigenvalue weighted by Gasteiger charge is -2.19. The van der Waals surface area contributed by atoms with Crippen molar-refractivity contribution >= 4 is 58.6 Å². The van der Waals surface area contributed by atoms with E-state index in [0.717, 1.165) is 23.2 Å². The third kappa shape index (κ3) is 4.85. The molecule has 1 aromatic carbocycles. The number of fused-ring (bicyclic) bond motifs is 1. The van der Waals surface area contributed by atoms with Crippen LogP contribution in [0, 0.1) is 0 Å². The lowest BCUT2D eigenvalue weighted by Crippen LogP contribution is -2.25. The Balaban J connectivity index is 0.00000131. The number of hydrogen-bond acceptors (Lipinski definition) is 3. The normalized spacial score (nSPS) is 17.7. The predicted octanol–water partition coefficient (Wildman–Crippen LogP) is 5.07. The van der Waals surface area contributed by atoms with E-state index in [2.05, 4.69) is 52.0 Å². The molecule has 1 fully saturated rings. The molecule has 1 atom stereocenters. The molecule has 1 saturated heterocycles. The number of aliphatic imine (C=N–C) groups is 1. The first-order valence-corrected chi connectivity index (χ1v) is 9.76. The van der Waals surface area contributed by atoms with Crippen molar-refractivity contribution in [1.29, 1.82) is 0 Å². The summed E-state index contributed by atoms with van der Waals surface area (Å²) in [6.07, 6.45) is 6.07. The van der Waals surface area contributed by atoms with E-state index in [4.69, 9.17) is 5.73 Å². The van der Waals surface area contributed by atoms with E-state index in [1.807, 2.05) is 17.5 Å². The fourth-order valence-electron chi connectivity index (χ4n) is 3.70. The molecule has 4 nitrogen and oxygen atoms in total. The van der Waals surface area contributed by atoms with Gasteiger partial charge < -0.3 is 15.2 Å². The van der Waals surface area contributed by atoms with Gasteiger partial charge in [-0.25, -0.2) is 4.99 Å². The molecule has 27 heavy (non-hydrogen) atoms. The minimum absolute atomic E-state index is 0. The summed E-state index contributed by atoms with van der Waals surface area (Å²) < 4.78 is 2.36. The molecule has 4 rings (SSSR count). The number of amidine groups is 1. The van der Waals surface area contributed by atoms with Gasteiger partial charge in [0.25, 0.3) is 0 Å². The maximum Gasteiger partial charge on any atom is 0.141 e. The summed E-state index contributed by atoms with van der Waals surface area (Å²) in [5, 5.41) is 3.24. The molecular formula is C20H26Cl2N4S. The first kappa shape index (κ1) is 21.8. The van der Waals surface area contributed by atoms with Crippen LogP contribution in [-0.2, 0) is 6.54 Å². The molecule has 3 aromatic rings. The Morgan fingerprint density at radius 2 is 2.11 bits per heavy atom. The second-order valence-corrected chi connectivity index (χ2v) is 7.74. The minimum atomic E-state index is 0. The quantitative estimate of drug-likeness (QED) is 0.458. The number of aromatic nitrogens is 1. The number of aryl methyl sites for hydroxylation is 1. The van der Waals surface area contributed by atoms with Crippen molar-refractivity contribution in [3.63, 3.8) is 0 Å². The summed E-state index contributed by atoms with van der Waals surface area (Å²) in [4.78, 5) is 8.07. The maximum atomic E-state index is 6.10. The zero-order valence-electron chi connectivity index (χ0n) is 15.4. The Kier molecular flexibility index (Phi) is 7.74. The van der Waals surface area contributed by atoms with Crippen LogP contribution >= 0.6 is 36.2 Å². The highest BCUT2D eigenvalue weighted by molar-refractivity contribution is 7.12. The van der Waals surface area contributed by atoms with Gasteiger partial charge in [-0.1, -0.05) is 6.07 Å². The van der Waals surface area contributed by atoms with Gasteiger partial charge in [-0.15, -0.1) is 36.2 Å². The van der Waals surface area contributed by atoms with Crippen LogP contribution in [0.2, 0.25) is 0 Å². The molecule has 0 unspecified atom stereocenters. The van der Waals surface area contributed by atoms with Crippen LogP contribution in [-0.4, -0.2) is 34.9 Å². The number of likely N-dealkylation sites (tertiary alicyclic amines) is 1. The third-order valence-corrected chi connectivity index (χ3v) is 6.04. The molecule has 2 aromatic heterocycles. The molecule has 0 saturated carbocycles. The van der Waals surface area contributed by atoms with Crippen LogP contribution in [0.15, 0.2) is 53.0 Å². The number of benzene rings is 1. The zero-order chi connectivity index (χ0) is 17.2. The SMILES string of the molecule is CN1CCC[C@H]1CCn1ccc2cc(N=C(N)c3cccs3)ccc21.Cl.Cl. The second kappa shape index (κ2) is 9.60. The summed E-state index contributed by atoms with van der Waals surface area (Å²) in [5.41, 5.74) is 8.28. The monoisotopic (exact) mass is 424 g/mol. The van der Waals surface area contributed by atoms with Gasteiger partial charge in [-0.2, -0.15) is 0 Å². The van der Waals surface area contributed by atoms with Gasteiger partial charge in [0, 0.05) is 29.7 Å². The summed E-state index contributed by atoms with van der Waals surface area (Å²) in [6, 6.07) is 13.2. The van der Waals surface area contributed by atoms with E-state index in [1.54, 1.807) is 11.3 Å². The highest BCUT2D eigenvalue weighted by Crippen LogP contribution is 2.25. The van der Waals surface area contributed by atoms with E-state index < -0.39 is 0 Å². The molecule has 0 spiro atoms. The molecule has 1 aliphatic rings. The van der Waals surface area contributed by atoms with Crippen LogP contribution in [0.5, 0.6) is 0 Å². The van der Waals surface area contributed by atoms with E-state index in [1.165, 1.54) is 36.7 Å². The van der Waals surface area contributed by atoms with Crippen LogP contribution in [0.25, 0.3) is 10.9 Å². The first-order chi connectivity index (χ1) is 12.2. The Morgan fingerprint density at radius 1 is 1.26 bits per heavy atom. The molecule has 7 heteroatoms. The number of thiophene rings is 1. The van der Waals surface area contributed by atoms with Crippen molar-refractivity contribution in [2.24, 2.45) is 10.7 Å². The molecule has 146 valence electrons. The summed E-state index contributed by atoms with van der Waals surface area (Å²) in [5.74, 6) is 0.582. The standard InChI is InChI=1S/C20H24N4S.2ClH/c1-23-10-2-4-17(23)9-12-24-11-8-15-14-16(6-7-18(15)24)22-20(21)19-5-3-13-25-19;;/h3,5-8,11,13-14,17H,2,4,9-10,12H2,1H3,(H2,21,22);2*1H/t17-;;/m0../s1. The number of hydrogen-bond donors (Lipinski definition) is 1. The summed E-state index contributed by atoms with van der Waals surface area (Å²) >= 11 is 1.61. The lowest BCUT2D eigenvalue weighted by molar-refractivity contribution is 0.287. The van der Waals surface area contributed by atoms with Gasteiger partial charge in [-0.05, 0) is 68.6 Å². The zero-order valence-corrected chi connectivity index (χ0v) is 17.8. The predicted molar refractivity (Wildman–Crippen MR) is 121 cm³/mol. The van der Waals surface area contributed by atoms with Crippen molar-refractivity contribution < 1.29 is 0 Å². The maximum absolute atomic E-state index is 6.10. The smallest absolute Gasteiger partial charge is 0.141 e. The Labute approximate surface area is 176 Å². The van der Waals surface area contributed by atoms with Crippen molar-refractivity contribution in [2.45, 2.75) is 31.8 Å². The van der Waals surface area contributed by atoms with Crippen LogP contribution in [0.1, 0.15) is 24.1 Å². The van der Waals surface area contributed by atoms with Crippen LogP contribution in [0.4, 0.5) is 5.69 Å². The van der Waals surface area contributed by atoms with Gasteiger partial charge >= 0.3 is 0 Å². The third-order valence-electron chi connectivity index (χ3n) is 5.15. The van der Waals surface area contributed by atoms with Crippen LogP contribution in [0.3, 0.4) is 0 Å². The van der Waals surface area contributed by atoms with E-state index in [0.29, 0.717) is 5.84 Å². The number of nitrogens with zero attached hydrogens (tertiary/aromatic N) is 3. The van der Waals surface area contributed by atoms with Crippen LogP contribution < -0.4 is 5.73 Å². The lowest BCUT2D eigenvalue weighted by atomic mass is 10.1. The molecule has 1 aliphatic heterocycles. The van der Waals surface area contributed by atoms with Gasteiger partial charge in [0.2, 0.25) is 0 Å². The highest BCUT2D eigenvalue weighted by Gasteiger charge is 2.20. The number of nitrogens with two attached hydrogens (primary N) is 1. The molecule has 3 heterocycles. The second-order valence-electron chi connectivity index (χ2n) is 6.79. The van der Waals surface area contributed by atoms with E-state index in [9.17, 15) is 0 Å². The number of halogens is 2. The van der Waals surface area contributed by atoms with Gasteiger partial charge in [0.15, 0.2) is 0 Å². The molecular weight excluding hydrogens is 399 g/mol. The topological polar surface area (TPSA) is 46.5 Å². The van der Waals surface area contributed by atoms with E-state index >= 15 is 0 Å². The fourth-order valence-corrected chi connectivity index (χ4v) is 4.33. The molecule has 2 N–H and O–H groups in total. The van der Waals surface area contributed by atoms with Crippen molar-refractivity contribution in [3.8, 4) is 0 Å². The van der Waals surface area contributed by atoms with Gasteiger partial charge in [-0.3, -0.25) is 0 Å². The molecule has 0 amide bonds. The van der Waals surface area contributed by atoms with Crippen molar-refractivity contribution in [1.82, 2.24) is 9.47 Å². The Bertz CT molecular complexity index is 889. The average Bonchev–Trinajstić information content (AvgIpc) is 3.34. The largest absolute Gasteiger partial charge is 0.383 e. The fraction of sp³-hybridized carbons (Fsp3) is 0.350. The highest BCUT2D eigenvalue weighted by atomic mass is 35.5. The first-order valence-electron chi connectivity index (χ1n) is 8.88. The van der Waals surface area contributed by atoms with E-state index in [-0.39, 0.29) is 24.8 Å².